The SMILES string of the molecule is NC(=O)c1ccc2c(c1)nc(NCCNC(=O)CCCNCc1ccc(OC(F)(F)F)c(Cl)c1)c1ccncc12. The molecule has 2 aromatic heterocycles. The lowest BCUT2D eigenvalue weighted by atomic mass is 10.1. The van der Waals surface area contributed by atoms with Gasteiger partial charge in [0.25, 0.3) is 0 Å². The molecule has 13 heteroatoms. The number of hydrogen-bond donors (Lipinski definition) is 4. The molecule has 2 heterocycles. The summed E-state index contributed by atoms with van der Waals surface area (Å²) in [6.45, 7) is 1.69. The molecule has 0 aliphatic rings. The summed E-state index contributed by atoms with van der Waals surface area (Å²) in [4.78, 5) is 32.7. The van der Waals surface area contributed by atoms with E-state index in [1.54, 1.807) is 30.6 Å². The quantitative estimate of drug-likeness (QED) is 0.144. The van der Waals surface area contributed by atoms with E-state index in [0.717, 1.165) is 16.2 Å². The van der Waals surface area contributed by atoms with Crippen LogP contribution in [0.3, 0.4) is 0 Å². The fourth-order valence-electron chi connectivity index (χ4n) is 4.08. The molecule has 4 aromatic rings. The summed E-state index contributed by atoms with van der Waals surface area (Å²) in [5, 5.41) is 11.6. The van der Waals surface area contributed by atoms with Crippen LogP contribution in [0.1, 0.15) is 28.8 Å². The minimum atomic E-state index is -4.81. The van der Waals surface area contributed by atoms with Crippen molar-refractivity contribution in [1.29, 1.82) is 0 Å². The minimum absolute atomic E-state index is 0.119. The summed E-state index contributed by atoms with van der Waals surface area (Å²) in [7, 11) is 0. The molecule has 0 saturated carbocycles. The number of primary amides is 1. The number of nitrogens with zero attached hydrogens (tertiary/aromatic N) is 2. The van der Waals surface area contributed by atoms with Gasteiger partial charge in [-0.2, -0.15) is 0 Å². The third-order valence-electron chi connectivity index (χ3n) is 5.93. The first kappa shape index (κ1) is 28.8. The second-order valence-corrected chi connectivity index (χ2v) is 9.25. The van der Waals surface area contributed by atoms with E-state index in [9.17, 15) is 22.8 Å². The summed E-state index contributed by atoms with van der Waals surface area (Å²) in [5.41, 5.74) is 7.05. The van der Waals surface area contributed by atoms with Crippen LogP contribution >= 0.6 is 11.6 Å². The number of benzene rings is 2. The first-order valence-electron chi connectivity index (χ1n) is 12.3. The van der Waals surface area contributed by atoms with Gasteiger partial charge in [-0.05, 0) is 48.9 Å². The number of pyridine rings is 2. The van der Waals surface area contributed by atoms with E-state index in [0.29, 0.717) is 61.5 Å². The number of ether oxygens (including phenoxy) is 1. The van der Waals surface area contributed by atoms with Crippen LogP contribution in [-0.2, 0) is 11.3 Å². The van der Waals surface area contributed by atoms with Gasteiger partial charge in [0.1, 0.15) is 11.6 Å². The number of rotatable bonds is 12. The summed E-state index contributed by atoms with van der Waals surface area (Å²) in [6, 6.07) is 11.0. The molecule has 0 aliphatic heterocycles. The first-order chi connectivity index (χ1) is 19.1. The Morgan fingerprint density at radius 1 is 1.00 bits per heavy atom. The molecule has 0 spiro atoms. The van der Waals surface area contributed by atoms with Crippen LogP contribution in [0, 0.1) is 0 Å². The Hall–Kier alpha value is -4.16. The number of halogens is 4. The molecule has 210 valence electrons. The van der Waals surface area contributed by atoms with Crippen molar-refractivity contribution in [2.45, 2.75) is 25.7 Å². The van der Waals surface area contributed by atoms with Crippen LogP contribution in [0.5, 0.6) is 5.75 Å². The third kappa shape index (κ3) is 7.70. The highest BCUT2D eigenvalue weighted by molar-refractivity contribution is 6.32. The number of nitrogens with two attached hydrogens (primary N) is 1. The Kier molecular flexibility index (Phi) is 9.22. The molecular weight excluding hydrogens is 549 g/mol. The number of aromatic nitrogens is 2. The maximum absolute atomic E-state index is 12.3. The minimum Gasteiger partial charge on any atom is -0.404 e. The summed E-state index contributed by atoms with van der Waals surface area (Å²) >= 11 is 5.85. The van der Waals surface area contributed by atoms with Crippen molar-refractivity contribution in [3.8, 4) is 5.75 Å². The van der Waals surface area contributed by atoms with Crippen LogP contribution in [0.2, 0.25) is 5.02 Å². The van der Waals surface area contributed by atoms with Crippen molar-refractivity contribution in [3.63, 3.8) is 0 Å². The van der Waals surface area contributed by atoms with E-state index in [1.807, 2.05) is 6.07 Å². The van der Waals surface area contributed by atoms with E-state index >= 15 is 0 Å². The van der Waals surface area contributed by atoms with E-state index in [4.69, 9.17) is 17.3 Å². The lowest BCUT2D eigenvalue weighted by Gasteiger charge is -2.12. The Bertz CT molecular complexity index is 1530. The molecule has 0 bridgehead atoms. The average Bonchev–Trinajstić information content (AvgIpc) is 2.91. The maximum atomic E-state index is 12.3. The number of anilines is 1. The molecule has 9 nitrogen and oxygen atoms in total. The number of hydrogen-bond acceptors (Lipinski definition) is 7. The largest absolute Gasteiger partial charge is 0.573 e. The zero-order valence-electron chi connectivity index (χ0n) is 21.1. The Balaban J connectivity index is 1.20. The fourth-order valence-corrected chi connectivity index (χ4v) is 4.32. The van der Waals surface area contributed by atoms with Crippen molar-refractivity contribution < 1.29 is 27.5 Å². The molecule has 0 atom stereocenters. The lowest BCUT2D eigenvalue weighted by molar-refractivity contribution is -0.274. The molecule has 4 rings (SSSR count). The Morgan fingerprint density at radius 3 is 2.58 bits per heavy atom. The predicted octanol–water partition coefficient (Wildman–Crippen LogP) is 4.53. The van der Waals surface area contributed by atoms with Crippen LogP contribution in [0.25, 0.3) is 21.7 Å². The van der Waals surface area contributed by atoms with Crippen molar-refractivity contribution in [2.75, 3.05) is 25.0 Å². The van der Waals surface area contributed by atoms with Gasteiger partial charge in [0.2, 0.25) is 11.8 Å². The zero-order valence-corrected chi connectivity index (χ0v) is 21.9. The Morgan fingerprint density at radius 2 is 1.82 bits per heavy atom. The second-order valence-electron chi connectivity index (χ2n) is 8.85. The summed E-state index contributed by atoms with van der Waals surface area (Å²) in [5.74, 6) is -0.515. The van der Waals surface area contributed by atoms with Gasteiger partial charge >= 0.3 is 6.36 Å². The van der Waals surface area contributed by atoms with E-state index < -0.39 is 18.0 Å². The molecule has 0 unspecified atom stereocenters. The van der Waals surface area contributed by atoms with E-state index in [2.05, 4.69) is 30.7 Å². The van der Waals surface area contributed by atoms with Crippen molar-refractivity contribution >= 4 is 50.9 Å². The van der Waals surface area contributed by atoms with Gasteiger partial charge in [0.15, 0.2) is 0 Å². The molecule has 5 N–H and O–H groups in total. The van der Waals surface area contributed by atoms with Gasteiger partial charge in [-0.1, -0.05) is 23.7 Å². The highest BCUT2D eigenvalue weighted by Gasteiger charge is 2.32. The van der Waals surface area contributed by atoms with Gasteiger partial charge in [0.05, 0.1) is 10.5 Å². The number of nitrogens with one attached hydrogen (secondary N) is 3. The predicted molar refractivity (Wildman–Crippen MR) is 146 cm³/mol. The second kappa shape index (κ2) is 12.8. The van der Waals surface area contributed by atoms with Crippen molar-refractivity contribution in [2.24, 2.45) is 5.73 Å². The first-order valence-corrected chi connectivity index (χ1v) is 12.7. The molecule has 0 fully saturated rings. The molecule has 2 amide bonds. The van der Waals surface area contributed by atoms with Gasteiger partial charge in [-0.15, -0.1) is 13.2 Å². The molecule has 0 radical (unpaired) electrons. The van der Waals surface area contributed by atoms with Gasteiger partial charge in [-0.25, -0.2) is 4.98 Å². The van der Waals surface area contributed by atoms with Crippen LogP contribution in [0.4, 0.5) is 19.0 Å². The monoisotopic (exact) mass is 574 g/mol. The topological polar surface area (TPSA) is 131 Å². The average molecular weight is 575 g/mol. The van der Waals surface area contributed by atoms with Gasteiger partial charge in [-0.3, -0.25) is 14.6 Å². The Labute approximate surface area is 232 Å². The van der Waals surface area contributed by atoms with Crippen molar-refractivity contribution in [1.82, 2.24) is 20.6 Å². The normalized spacial score (nSPS) is 11.5. The number of carbonyl (C=O) groups excluding carboxylic acids is 2. The van der Waals surface area contributed by atoms with Gasteiger partial charge < -0.3 is 26.4 Å². The summed E-state index contributed by atoms with van der Waals surface area (Å²) in [6.07, 6.45) is -0.548. The molecule has 0 saturated heterocycles. The third-order valence-corrected chi connectivity index (χ3v) is 6.22. The zero-order chi connectivity index (χ0) is 28.7. The number of fused-ring (bicyclic) bond motifs is 3. The van der Waals surface area contributed by atoms with E-state index in [1.165, 1.54) is 18.2 Å². The van der Waals surface area contributed by atoms with Crippen LogP contribution in [0.15, 0.2) is 54.9 Å². The molecule has 0 aliphatic carbocycles. The summed E-state index contributed by atoms with van der Waals surface area (Å²) < 4.78 is 40.9. The van der Waals surface area contributed by atoms with Gasteiger partial charge in [0, 0.05) is 60.2 Å². The number of alkyl halides is 3. The molecular formula is C27H26ClF3N6O3. The number of carbonyl (C=O) groups is 2. The van der Waals surface area contributed by atoms with Crippen molar-refractivity contribution in [3.05, 3.63) is 71.0 Å². The highest BCUT2D eigenvalue weighted by atomic mass is 35.5. The maximum Gasteiger partial charge on any atom is 0.573 e. The standard InChI is InChI=1S/C27H26ClF3N6O3/c28-21-12-16(3-6-23(21)40-27(29,30)31)14-33-8-1-2-24(38)35-10-11-36-26-19-7-9-34-15-20(19)18-5-4-17(25(32)39)13-22(18)37-26/h3-7,9,12-13,15,33H,1-2,8,10-11,14H2,(H2,32,39)(H,35,38)(H,36,37). The molecule has 40 heavy (non-hydrogen) atoms. The smallest absolute Gasteiger partial charge is 0.404 e. The lowest BCUT2D eigenvalue weighted by Crippen LogP contribution is -2.29. The van der Waals surface area contributed by atoms with E-state index in [-0.39, 0.29) is 10.9 Å². The van der Waals surface area contributed by atoms with Crippen LogP contribution < -0.4 is 26.4 Å². The van der Waals surface area contributed by atoms with Crippen LogP contribution in [-0.4, -0.2) is 47.8 Å². The fraction of sp³-hybridized carbons (Fsp3) is 0.259. The number of amides is 2. The highest BCUT2D eigenvalue weighted by Crippen LogP contribution is 2.31. The molecule has 2 aromatic carbocycles.